The van der Waals surface area contributed by atoms with Crippen LogP contribution < -0.4 is 5.32 Å². The van der Waals surface area contributed by atoms with Gasteiger partial charge in [0.15, 0.2) is 0 Å². The molecule has 0 aromatic heterocycles. The number of rotatable bonds is 8. The molecule has 1 aromatic carbocycles. The fraction of sp³-hybridized carbons (Fsp3) is 0.500. The van der Waals surface area contributed by atoms with E-state index in [4.69, 9.17) is 9.47 Å². The number of carbonyl (C=O) groups is 2. The Morgan fingerprint density at radius 2 is 1.84 bits per heavy atom. The Morgan fingerprint density at radius 1 is 1.20 bits per heavy atom. The Bertz CT molecular complexity index is 563. The molecule has 1 aromatic rings. The highest BCUT2D eigenvalue weighted by molar-refractivity contribution is 5.81. The lowest BCUT2D eigenvalue weighted by atomic mass is 10.0. The van der Waals surface area contributed by atoms with Crippen molar-refractivity contribution in [3.8, 4) is 0 Å². The highest BCUT2D eigenvalue weighted by atomic mass is 16.6. The summed E-state index contributed by atoms with van der Waals surface area (Å²) in [5, 5.41) is 2.62. The van der Waals surface area contributed by atoms with E-state index in [-0.39, 0.29) is 12.5 Å². The zero-order valence-corrected chi connectivity index (χ0v) is 15.6. The van der Waals surface area contributed by atoms with E-state index in [0.29, 0.717) is 12.8 Å². The maximum Gasteiger partial charge on any atom is 0.408 e. The van der Waals surface area contributed by atoms with Gasteiger partial charge in [-0.05, 0) is 45.1 Å². The van der Waals surface area contributed by atoms with Gasteiger partial charge in [-0.25, -0.2) is 9.59 Å². The number of hydrogen-bond donors (Lipinski definition) is 1. The van der Waals surface area contributed by atoms with Gasteiger partial charge in [-0.3, -0.25) is 0 Å². The average Bonchev–Trinajstić information content (AvgIpc) is 2.55. The summed E-state index contributed by atoms with van der Waals surface area (Å²) in [7, 11) is 0. The molecule has 0 spiro atoms. The number of nitrogens with one attached hydrogen (secondary N) is 1. The number of allylic oxidation sites excluding steroid dienone is 1. The lowest BCUT2D eigenvalue weighted by Gasteiger charge is -2.23. The van der Waals surface area contributed by atoms with Crippen molar-refractivity contribution in [3.05, 3.63) is 48.6 Å². The van der Waals surface area contributed by atoms with Gasteiger partial charge in [-0.1, -0.05) is 43.3 Å². The summed E-state index contributed by atoms with van der Waals surface area (Å²) < 4.78 is 10.6. The largest absolute Gasteiger partial charge is 0.459 e. The summed E-state index contributed by atoms with van der Waals surface area (Å²) in [6.07, 6.45) is 2.37. The lowest BCUT2D eigenvalue weighted by molar-refractivity contribution is -0.147. The summed E-state index contributed by atoms with van der Waals surface area (Å²) in [5.74, 6) is -0.226. The number of hydrogen-bond acceptors (Lipinski definition) is 4. The number of amides is 1. The Labute approximate surface area is 150 Å². The van der Waals surface area contributed by atoms with Crippen LogP contribution in [0.1, 0.15) is 46.1 Å². The molecule has 1 N–H and O–H groups in total. The van der Waals surface area contributed by atoms with E-state index < -0.39 is 23.7 Å². The van der Waals surface area contributed by atoms with Crippen molar-refractivity contribution < 1.29 is 19.1 Å². The first-order chi connectivity index (χ1) is 11.7. The molecule has 138 valence electrons. The number of esters is 1. The van der Waals surface area contributed by atoms with Crippen LogP contribution in [-0.4, -0.2) is 23.7 Å². The van der Waals surface area contributed by atoms with Crippen LogP contribution >= 0.6 is 0 Å². The van der Waals surface area contributed by atoms with Gasteiger partial charge in [0.05, 0.1) is 0 Å². The number of alkyl carbamates (subject to hydrolysis) is 1. The standard InChI is InChI=1S/C20H29NO4/c1-6-15(2)12-13-17(21-19(23)25-20(3,4)5)18(22)24-14-16-10-8-7-9-11-16/h6-11,15,17H,1,12-14H2,2-5H3,(H,21,23)/t15?,17-/m0/s1. The molecule has 2 atom stereocenters. The van der Waals surface area contributed by atoms with E-state index >= 15 is 0 Å². The molecule has 25 heavy (non-hydrogen) atoms. The van der Waals surface area contributed by atoms with Crippen LogP contribution in [0, 0.1) is 5.92 Å². The van der Waals surface area contributed by atoms with Crippen LogP contribution in [0.25, 0.3) is 0 Å². The lowest BCUT2D eigenvalue weighted by Crippen LogP contribution is -2.44. The Morgan fingerprint density at radius 3 is 2.40 bits per heavy atom. The van der Waals surface area contributed by atoms with E-state index in [1.165, 1.54) is 0 Å². The molecule has 1 unspecified atom stereocenters. The van der Waals surface area contributed by atoms with E-state index in [9.17, 15) is 9.59 Å². The summed E-state index contributed by atoms with van der Waals surface area (Å²) in [6, 6.07) is 8.67. The number of ether oxygens (including phenoxy) is 2. The van der Waals surface area contributed by atoms with E-state index in [2.05, 4.69) is 11.9 Å². The van der Waals surface area contributed by atoms with Gasteiger partial charge in [-0.2, -0.15) is 0 Å². The normalized spacial score (nSPS) is 13.4. The van der Waals surface area contributed by atoms with Crippen LogP contribution in [0.5, 0.6) is 0 Å². The second-order valence-corrected chi connectivity index (χ2v) is 7.08. The molecule has 1 rings (SSSR count). The number of carbonyl (C=O) groups excluding carboxylic acids is 2. The zero-order valence-electron chi connectivity index (χ0n) is 15.6. The van der Waals surface area contributed by atoms with Gasteiger partial charge in [0.2, 0.25) is 0 Å². The van der Waals surface area contributed by atoms with Gasteiger partial charge in [0.25, 0.3) is 0 Å². The second kappa shape index (κ2) is 9.87. The van der Waals surface area contributed by atoms with Crippen molar-refractivity contribution in [3.63, 3.8) is 0 Å². The minimum absolute atomic E-state index is 0.170. The first-order valence-corrected chi connectivity index (χ1v) is 8.54. The molecule has 0 aliphatic heterocycles. The fourth-order valence-electron chi connectivity index (χ4n) is 2.08. The van der Waals surface area contributed by atoms with Crippen LogP contribution in [0.15, 0.2) is 43.0 Å². The molecular formula is C20H29NO4. The fourth-order valence-corrected chi connectivity index (χ4v) is 2.08. The second-order valence-electron chi connectivity index (χ2n) is 7.08. The van der Waals surface area contributed by atoms with Gasteiger partial charge < -0.3 is 14.8 Å². The van der Waals surface area contributed by atoms with E-state index in [1.54, 1.807) is 20.8 Å². The minimum Gasteiger partial charge on any atom is -0.459 e. The Kier molecular flexibility index (Phi) is 8.19. The minimum atomic E-state index is -0.749. The molecule has 0 aliphatic carbocycles. The number of benzene rings is 1. The predicted octanol–water partition coefficient (Wildman–Crippen LogP) is 4.23. The van der Waals surface area contributed by atoms with Crippen molar-refractivity contribution >= 4 is 12.1 Å². The molecule has 0 saturated carbocycles. The molecule has 0 radical (unpaired) electrons. The summed E-state index contributed by atoms with van der Waals surface area (Å²) in [6.45, 7) is 11.2. The third-order valence-corrected chi connectivity index (χ3v) is 3.51. The Hall–Kier alpha value is -2.30. The quantitative estimate of drug-likeness (QED) is 0.565. The summed E-state index contributed by atoms with van der Waals surface area (Å²) >= 11 is 0. The van der Waals surface area contributed by atoms with Gasteiger partial charge in [0, 0.05) is 0 Å². The van der Waals surface area contributed by atoms with Crippen molar-refractivity contribution in [2.45, 2.75) is 58.8 Å². The van der Waals surface area contributed by atoms with E-state index in [1.807, 2.05) is 43.3 Å². The van der Waals surface area contributed by atoms with Crippen molar-refractivity contribution in [1.82, 2.24) is 5.32 Å². The highest BCUT2D eigenvalue weighted by Crippen LogP contribution is 2.13. The third-order valence-electron chi connectivity index (χ3n) is 3.51. The average molecular weight is 347 g/mol. The SMILES string of the molecule is C=CC(C)CC[C@H](NC(=O)OC(C)(C)C)C(=O)OCc1ccccc1. The van der Waals surface area contributed by atoms with E-state index in [0.717, 1.165) is 5.56 Å². The third kappa shape index (κ3) is 8.94. The first kappa shape index (κ1) is 20.7. The maximum atomic E-state index is 12.4. The van der Waals surface area contributed by atoms with Gasteiger partial charge in [-0.15, -0.1) is 6.58 Å². The monoisotopic (exact) mass is 347 g/mol. The smallest absolute Gasteiger partial charge is 0.408 e. The molecule has 0 heterocycles. The highest BCUT2D eigenvalue weighted by Gasteiger charge is 2.25. The molecule has 0 bridgehead atoms. The molecule has 0 fully saturated rings. The molecule has 5 nitrogen and oxygen atoms in total. The van der Waals surface area contributed by atoms with Crippen LogP contribution in [0.2, 0.25) is 0 Å². The van der Waals surface area contributed by atoms with Crippen LogP contribution in [0.3, 0.4) is 0 Å². The zero-order chi connectivity index (χ0) is 18.9. The molecule has 0 aliphatic rings. The van der Waals surface area contributed by atoms with Crippen LogP contribution in [0.4, 0.5) is 4.79 Å². The Balaban J connectivity index is 2.66. The van der Waals surface area contributed by atoms with Crippen molar-refractivity contribution in [1.29, 1.82) is 0 Å². The molecular weight excluding hydrogens is 318 g/mol. The first-order valence-electron chi connectivity index (χ1n) is 8.54. The maximum absolute atomic E-state index is 12.4. The predicted molar refractivity (Wildman–Crippen MR) is 98.0 cm³/mol. The van der Waals surface area contributed by atoms with Gasteiger partial charge in [0.1, 0.15) is 18.2 Å². The van der Waals surface area contributed by atoms with Crippen molar-refractivity contribution in [2.24, 2.45) is 5.92 Å². The molecule has 5 heteroatoms. The molecule has 0 saturated heterocycles. The van der Waals surface area contributed by atoms with Crippen molar-refractivity contribution in [2.75, 3.05) is 0 Å². The van der Waals surface area contributed by atoms with Gasteiger partial charge >= 0.3 is 12.1 Å². The molecule has 1 amide bonds. The summed E-state index contributed by atoms with van der Waals surface area (Å²) in [5.41, 5.74) is 0.267. The topological polar surface area (TPSA) is 64.6 Å². The summed E-state index contributed by atoms with van der Waals surface area (Å²) in [4.78, 5) is 24.4. The van der Waals surface area contributed by atoms with Crippen LogP contribution in [-0.2, 0) is 20.9 Å².